The fourth-order valence-corrected chi connectivity index (χ4v) is 1.38. The minimum Gasteiger partial charge on any atom is -0.532 e. The van der Waals surface area contributed by atoms with Crippen molar-refractivity contribution in [1.29, 1.82) is 0 Å². The Kier molecular flexibility index (Phi) is 4.11. The maximum absolute atomic E-state index is 5.60. The lowest BCUT2D eigenvalue weighted by molar-refractivity contribution is 0.553. The Hall–Kier alpha value is -0.573. The van der Waals surface area contributed by atoms with Crippen LogP contribution in [0, 0.1) is 0 Å². The van der Waals surface area contributed by atoms with Gasteiger partial charge in [0.05, 0.1) is 0 Å². The summed E-state index contributed by atoms with van der Waals surface area (Å²) in [5.41, 5.74) is 0. The molecule has 0 aromatic carbocycles. The van der Waals surface area contributed by atoms with E-state index in [4.69, 9.17) is 4.43 Å². The van der Waals surface area contributed by atoms with Gasteiger partial charge in [-0.15, -0.1) is 0 Å². The van der Waals surface area contributed by atoms with E-state index in [0.29, 0.717) is 5.90 Å². The highest BCUT2D eigenvalue weighted by atomic mass is 28.4. The third-order valence-corrected chi connectivity index (χ3v) is 1.72. The average molecular weight is 171 g/mol. The van der Waals surface area contributed by atoms with E-state index in [1.807, 2.05) is 6.92 Å². The van der Waals surface area contributed by atoms with E-state index >= 15 is 0 Å². The Labute approximate surface area is 70.1 Å². The minimum atomic E-state index is -1.48. The summed E-state index contributed by atoms with van der Waals surface area (Å²) in [6.45, 7) is 12.7. The van der Waals surface area contributed by atoms with Gasteiger partial charge in [-0.1, -0.05) is 6.58 Å². The highest BCUT2D eigenvalue weighted by Gasteiger charge is 2.16. The van der Waals surface area contributed by atoms with Crippen LogP contribution >= 0.6 is 0 Å². The van der Waals surface area contributed by atoms with Crippen LogP contribution < -0.4 is 0 Å². The van der Waals surface area contributed by atoms with Gasteiger partial charge in [0.1, 0.15) is 0 Å². The Bertz CT molecular complexity index is 158. The molecular formula is C8H17NOSi. The molecular weight excluding hydrogens is 154 g/mol. The molecule has 0 spiro atoms. The average Bonchev–Trinajstić information content (AvgIpc) is 1.84. The van der Waals surface area contributed by atoms with Crippen LogP contribution in [0.25, 0.3) is 0 Å². The van der Waals surface area contributed by atoms with Crippen molar-refractivity contribution in [3.8, 4) is 0 Å². The summed E-state index contributed by atoms with van der Waals surface area (Å²) >= 11 is 0. The summed E-state index contributed by atoms with van der Waals surface area (Å²) in [5, 5.41) is 0. The number of rotatable bonds is 3. The Morgan fingerprint density at radius 1 is 1.55 bits per heavy atom. The molecule has 0 N–H and O–H groups in total. The molecule has 0 radical (unpaired) electrons. The van der Waals surface area contributed by atoms with Crippen LogP contribution in [0.1, 0.15) is 6.92 Å². The molecule has 0 aliphatic heterocycles. The van der Waals surface area contributed by atoms with Crippen molar-refractivity contribution in [2.45, 2.75) is 26.6 Å². The fourth-order valence-electron chi connectivity index (χ4n) is 0.608. The molecule has 0 aliphatic carbocycles. The number of hydrogen-bond donors (Lipinski definition) is 0. The van der Waals surface area contributed by atoms with Crippen LogP contribution in [0.5, 0.6) is 0 Å². The van der Waals surface area contributed by atoms with Gasteiger partial charge < -0.3 is 4.43 Å². The number of nitrogens with zero attached hydrogens (tertiary/aromatic N) is 1. The second-order valence-corrected chi connectivity index (χ2v) is 7.66. The van der Waals surface area contributed by atoms with Crippen LogP contribution in [0.3, 0.4) is 0 Å². The van der Waals surface area contributed by atoms with Crippen LogP contribution in [0.15, 0.2) is 17.6 Å². The molecule has 2 nitrogen and oxygen atoms in total. The molecule has 0 heterocycles. The van der Waals surface area contributed by atoms with E-state index in [1.54, 1.807) is 6.08 Å². The first-order chi connectivity index (χ1) is 4.99. The van der Waals surface area contributed by atoms with Gasteiger partial charge in [0.25, 0.3) is 0 Å². The largest absolute Gasteiger partial charge is 0.532 e. The van der Waals surface area contributed by atoms with Crippen molar-refractivity contribution in [2.24, 2.45) is 4.99 Å². The van der Waals surface area contributed by atoms with Crippen LogP contribution in [-0.2, 0) is 4.43 Å². The zero-order valence-electron chi connectivity index (χ0n) is 7.85. The van der Waals surface area contributed by atoms with Crippen molar-refractivity contribution >= 4 is 14.2 Å². The molecule has 0 bridgehead atoms. The molecule has 0 unspecified atom stereocenters. The monoisotopic (exact) mass is 171 g/mol. The van der Waals surface area contributed by atoms with Crippen molar-refractivity contribution in [2.75, 3.05) is 6.54 Å². The Morgan fingerprint density at radius 3 is 2.36 bits per heavy atom. The molecule has 0 rings (SSSR count). The highest BCUT2D eigenvalue weighted by Crippen LogP contribution is 2.03. The van der Waals surface area contributed by atoms with Gasteiger partial charge in [-0.25, -0.2) is 0 Å². The SMILES string of the molecule is C=CC(=NCC)O[Si](C)(C)C. The van der Waals surface area contributed by atoms with Crippen LogP contribution in [0.2, 0.25) is 19.6 Å². The first kappa shape index (κ1) is 10.4. The lowest BCUT2D eigenvalue weighted by atomic mass is 10.6. The molecule has 64 valence electrons. The molecule has 0 saturated heterocycles. The summed E-state index contributed by atoms with van der Waals surface area (Å²) in [7, 11) is -1.48. The first-order valence-electron chi connectivity index (χ1n) is 3.85. The fraction of sp³-hybridized carbons (Fsp3) is 0.625. The number of hydrogen-bond acceptors (Lipinski definition) is 2. The van der Waals surface area contributed by atoms with Gasteiger partial charge in [0.15, 0.2) is 5.90 Å². The molecule has 0 amide bonds. The van der Waals surface area contributed by atoms with E-state index in [-0.39, 0.29) is 0 Å². The summed E-state index contributed by atoms with van der Waals surface area (Å²) in [6, 6.07) is 0. The van der Waals surface area contributed by atoms with E-state index in [1.165, 1.54) is 0 Å². The standard InChI is InChI=1S/C8H17NOSi/c1-6-8(9-7-2)10-11(3,4)5/h6H,1,7H2,2-5H3. The molecule has 0 aromatic heterocycles. The van der Waals surface area contributed by atoms with Gasteiger partial charge in [-0.3, -0.25) is 4.99 Å². The van der Waals surface area contributed by atoms with E-state index in [9.17, 15) is 0 Å². The van der Waals surface area contributed by atoms with E-state index < -0.39 is 8.32 Å². The minimum absolute atomic E-state index is 0.687. The van der Waals surface area contributed by atoms with Gasteiger partial charge in [0.2, 0.25) is 8.32 Å². The molecule has 0 aromatic rings. The Morgan fingerprint density at radius 2 is 2.09 bits per heavy atom. The lowest BCUT2D eigenvalue weighted by Gasteiger charge is -2.18. The van der Waals surface area contributed by atoms with Crippen molar-refractivity contribution in [3.05, 3.63) is 12.7 Å². The predicted molar refractivity (Wildman–Crippen MR) is 52.6 cm³/mol. The molecule has 0 atom stereocenters. The first-order valence-corrected chi connectivity index (χ1v) is 7.26. The van der Waals surface area contributed by atoms with Crippen LogP contribution in [0.4, 0.5) is 0 Å². The lowest BCUT2D eigenvalue weighted by Crippen LogP contribution is -2.28. The van der Waals surface area contributed by atoms with Crippen molar-refractivity contribution < 1.29 is 4.43 Å². The summed E-state index contributed by atoms with van der Waals surface area (Å²) in [6.07, 6.45) is 1.67. The molecule has 3 heteroatoms. The van der Waals surface area contributed by atoms with Gasteiger partial charge in [-0.2, -0.15) is 0 Å². The van der Waals surface area contributed by atoms with E-state index in [0.717, 1.165) is 6.54 Å². The van der Waals surface area contributed by atoms with Gasteiger partial charge in [0, 0.05) is 6.54 Å². The van der Waals surface area contributed by atoms with E-state index in [2.05, 4.69) is 31.2 Å². The quantitative estimate of drug-likeness (QED) is 0.363. The second kappa shape index (κ2) is 4.33. The normalized spacial score (nSPS) is 12.9. The van der Waals surface area contributed by atoms with Crippen molar-refractivity contribution in [3.63, 3.8) is 0 Å². The zero-order valence-corrected chi connectivity index (χ0v) is 8.85. The second-order valence-electron chi connectivity index (χ2n) is 3.23. The highest BCUT2D eigenvalue weighted by molar-refractivity contribution is 6.71. The maximum atomic E-state index is 5.60. The number of aliphatic imine (C=N–C) groups is 1. The molecule has 0 aliphatic rings. The van der Waals surface area contributed by atoms with Crippen LogP contribution in [-0.4, -0.2) is 20.8 Å². The topological polar surface area (TPSA) is 21.6 Å². The summed E-state index contributed by atoms with van der Waals surface area (Å²) < 4.78 is 5.60. The van der Waals surface area contributed by atoms with Gasteiger partial charge in [-0.05, 0) is 32.6 Å². The predicted octanol–water partition coefficient (Wildman–Crippen LogP) is 2.44. The van der Waals surface area contributed by atoms with Crippen molar-refractivity contribution in [1.82, 2.24) is 0 Å². The molecule has 11 heavy (non-hydrogen) atoms. The molecule has 0 saturated carbocycles. The van der Waals surface area contributed by atoms with Gasteiger partial charge >= 0.3 is 0 Å². The third kappa shape index (κ3) is 5.85. The summed E-state index contributed by atoms with van der Waals surface area (Å²) in [5.74, 6) is 0.687. The molecule has 0 fully saturated rings. The third-order valence-electron chi connectivity index (χ3n) is 0.899. The summed E-state index contributed by atoms with van der Waals surface area (Å²) in [4.78, 5) is 4.14. The smallest absolute Gasteiger partial charge is 0.244 e. The Balaban J connectivity index is 4.09. The zero-order chi connectivity index (χ0) is 8.91. The maximum Gasteiger partial charge on any atom is 0.244 e.